The van der Waals surface area contributed by atoms with Gasteiger partial charge in [-0.05, 0) is 31.4 Å². The molecular formula is C16H22N2O3S. The quantitative estimate of drug-likeness (QED) is 0.858. The van der Waals surface area contributed by atoms with E-state index in [9.17, 15) is 8.42 Å². The molecule has 1 fully saturated rings. The van der Waals surface area contributed by atoms with E-state index >= 15 is 0 Å². The molecule has 0 amide bonds. The summed E-state index contributed by atoms with van der Waals surface area (Å²) >= 11 is 0. The fourth-order valence-corrected chi connectivity index (χ4v) is 4.88. The maximum Gasteiger partial charge on any atom is 0.243 e. The molecule has 0 N–H and O–H groups in total. The van der Waals surface area contributed by atoms with E-state index < -0.39 is 10.0 Å². The second kappa shape index (κ2) is 5.66. The van der Waals surface area contributed by atoms with Crippen LogP contribution in [-0.4, -0.2) is 37.6 Å². The Labute approximate surface area is 132 Å². The summed E-state index contributed by atoms with van der Waals surface area (Å²) in [5.74, 6) is 0.513. The van der Waals surface area contributed by atoms with Crippen molar-refractivity contribution >= 4 is 15.7 Å². The van der Waals surface area contributed by atoms with Gasteiger partial charge < -0.3 is 4.84 Å². The molecule has 1 saturated heterocycles. The summed E-state index contributed by atoms with van der Waals surface area (Å²) in [6.45, 7) is 7.00. The molecule has 120 valence electrons. The van der Waals surface area contributed by atoms with Crippen molar-refractivity contribution in [2.24, 2.45) is 17.0 Å². The van der Waals surface area contributed by atoms with Gasteiger partial charge in [0.15, 0.2) is 0 Å². The number of piperidine rings is 1. The monoisotopic (exact) mass is 322 g/mol. The first-order chi connectivity index (χ1) is 10.4. The Kier molecular flexibility index (Phi) is 3.99. The van der Waals surface area contributed by atoms with Crippen LogP contribution in [0.1, 0.15) is 25.8 Å². The van der Waals surface area contributed by atoms with Gasteiger partial charge in [0.1, 0.15) is 6.61 Å². The molecule has 1 aromatic rings. The number of hydrogen-bond acceptors (Lipinski definition) is 4. The van der Waals surface area contributed by atoms with Gasteiger partial charge in [-0.15, -0.1) is 0 Å². The maximum absolute atomic E-state index is 13.0. The zero-order chi connectivity index (χ0) is 15.9. The third kappa shape index (κ3) is 2.65. The lowest BCUT2D eigenvalue weighted by Gasteiger charge is -2.39. The fraction of sp³-hybridized carbons (Fsp3) is 0.562. The highest BCUT2D eigenvalue weighted by Crippen LogP contribution is 2.33. The molecule has 6 heteroatoms. The molecule has 1 aromatic carbocycles. The third-order valence-corrected chi connectivity index (χ3v) is 6.42. The van der Waals surface area contributed by atoms with Crippen molar-refractivity contribution < 1.29 is 13.3 Å². The van der Waals surface area contributed by atoms with Crippen LogP contribution in [0.5, 0.6) is 0 Å². The van der Waals surface area contributed by atoms with E-state index in [1.807, 2.05) is 19.1 Å². The van der Waals surface area contributed by atoms with Crippen molar-refractivity contribution in [3.8, 4) is 0 Å². The first-order valence-electron chi connectivity index (χ1n) is 7.67. The topological polar surface area (TPSA) is 59.0 Å². The summed E-state index contributed by atoms with van der Waals surface area (Å²) in [7, 11) is -3.51. The summed E-state index contributed by atoms with van der Waals surface area (Å²) in [6, 6.07) is 7.01. The lowest BCUT2D eigenvalue weighted by atomic mass is 9.86. The Morgan fingerprint density at radius 1 is 1.27 bits per heavy atom. The summed E-state index contributed by atoms with van der Waals surface area (Å²) in [5.41, 5.74) is 1.90. The molecule has 2 heterocycles. The number of nitrogens with zero attached hydrogens (tertiary/aromatic N) is 2. The van der Waals surface area contributed by atoms with Crippen LogP contribution in [0.4, 0.5) is 0 Å². The third-order valence-electron chi connectivity index (χ3n) is 4.54. The molecule has 0 radical (unpaired) electrons. The Balaban J connectivity index is 1.97. The van der Waals surface area contributed by atoms with Crippen LogP contribution in [0.15, 0.2) is 34.3 Å². The number of rotatable bonds is 3. The summed E-state index contributed by atoms with van der Waals surface area (Å²) < 4.78 is 27.7. The van der Waals surface area contributed by atoms with Crippen molar-refractivity contribution in [1.82, 2.24) is 4.31 Å². The van der Waals surface area contributed by atoms with Gasteiger partial charge in [-0.3, -0.25) is 0 Å². The van der Waals surface area contributed by atoms with Crippen LogP contribution < -0.4 is 0 Å². The second-order valence-corrected chi connectivity index (χ2v) is 8.38. The lowest BCUT2D eigenvalue weighted by molar-refractivity contribution is 0.139. The summed E-state index contributed by atoms with van der Waals surface area (Å²) in [5, 5.41) is 4.03. The highest BCUT2D eigenvalue weighted by molar-refractivity contribution is 7.89. The predicted molar refractivity (Wildman–Crippen MR) is 85.2 cm³/mol. The number of hydrogen-bond donors (Lipinski definition) is 0. The molecule has 0 saturated carbocycles. The number of oxime groups is 1. The smallest absolute Gasteiger partial charge is 0.243 e. The van der Waals surface area contributed by atoms with Gasteiger partial charge in [-0.25, -0.2) is 8.42 Å². The molecule has 5 nitrogen and oxygen atoms in total. The van der Waals surface area contributed by atoms with Crippen LogP contribution in [0.25, 0.3) is 0 Å². The zero-order valence-corrected chi connectivity index (χ0v) is 14.0. The van der Waals surface area contributed by atoms with Gasteiger partial charge in [0.25, 0.3) is 0 Å². The van der Waals surface area contributed by atoms with E-state index in [0.29, 0.717) is 18.0 Å². The molecule has 22 heavy (non-hydrogen) atoms. The summed E-state index contributed by atoms with van der Waals surface area (Å²) in [4.78, 5) is 5.52. The minimum absolute atomic E-state index is 0.0167. The Bertz CT molecular complexity index is 680. The average Bonchev–Trinajstić information content (AvgIpc) is 2.93. The highest BCUT2D eigenvalue weighted by atomic mass is 32.2. The highest BCUT2D eigenvalue weighted by Gasteiger charge is 2.43. The van der Waals surface area contributed by atoms with Gasteiger partial charge in [0.2, 0.25) is 10.0 Å². The largest absolute Gasteiger partial charge is 0.395 e. The van der Waals surface area contributed by atoms with Gasteiger partial charge >= 0.3 is 0 Å². The van der Waals surface area contributed by atoms with E-state index in [0.717, 1.165) is 17.7 Å². The standard InChI is InChI=1S/C16H22N2O3S/c1-11(2)16-8-13-10-21-17-15(13)9-18(16)22(19,20)14-6-4-12(3)5-7-14/h4-7,11,13,16H,8-10H2,1-3H3/t13-,16-/m0/s1. The van der Waals surface area contributed by atoms with Crippen molar-refractivity contribution in [2.75, 3.05) is 13.2 Å². The molecule has 2 aliphatic rings. The lowest BCUT2D eigenvalue weighted by Crippen LogP contribution is -2.52. The Morgan fingerprint density at radius 3 is 2.59 bits per heavy atom. The zero-order valence-electron chi connectivity index (χ0n) is 13.2. The summed E-state index contributed by atoms with van der Waals surface area (Å²) in [6.07, 6.45) is 0.779. The molecule has 0 unspecified atom stereocenters. The van der Waals surface area contributed by atoms with E-state index in [2.05, 4.69) is 19.0 Å². The molecule has 0 aromatic heterocycles. The van der Waals surface area contributed by atoms with Crippen molar-refractivity contribution in [2.45, 2.75) is 38.1 Å². The van der Waals surface area contributed by atoms with Gasteiger partial charge in [0, 0.05) is 12.0 Å². The molecule has 3 rings (SSSR count). The number of sulfonamides is 1. The number of benzene rings is 1. The molecule has 0 aliphatic carbocycles. The number of aryl methyl sites for hydroxylation is 1. The van der Waals surface area contributed by atoms with Gasteiger partial charge in [0.05, 0.1) is 17.2 Å². The van der Waals surface area contributed by atoms with Crippen molar-refractivity contribution in [1.29, 1.82) is 0 Å². The minimum Gasteiger partial charge on any atom is -0.395 e. The number of fused-ring (bicyclic) bond motifs is 1. The maximum atomic E-state index is 13.0. The van der Waals surface area contributed by atoms with E-state index in [4.69, 9.17) is 4.84 Å². The van der Waals surface area contributed by atoms with Crippen LogP contribution in [0, 0.1) is 18.8 Å². The fourth-order valence-electron chi connectivity index (χ4n) is 3.14. The Morgan fingerprint density at radius 2 is 1.95 bits per heavy atom. The second-order valence-electron chi connectivity index (χ2n) is 6.49. The van der Waals surface area contributed by atoms with E-state index in [1.54, 1.807) is 16.4 Å². The van der Waals surface area contributed by atoms with Crippen LogP contribution in [-0.2, 0) is 14.9 Å². The van der Waals surface area contributed by atoms with Crippen LogP contribution in [0.3, 0.4) is 0 Å². The van der Waals surface area contributed by atoms with E-state index in [-0.39, 0.29) is 17.9 Å². The predicted octanol–water partition coefficient (Wildman–Crippen LogP) is 2.42. The minimum atomic E-state index is -3.51. The van der Waals surface area contributed by atoms with Crippen LogP contribution >= 0.6 is 0 Å². The molecule has 0 bridgehead atoms. The SMILES string of the molecule is Cc1ccc(S(=O)(=O)N2CC3=NOC[C@@H]3C[C@H]2C(C)C)cc1. The normalized spacial score (nSPS) is 25.7. The molecular weight excluding hydrogens is 300 g/mol. The molecule has 0 spiro atoms. The van der Waals surface area contributed by atoms with Gasteiger partial charge in [-0.1, -0.05) is 36.7 Å². The Hall–Kier alpha value is -1.40. The van der Waals surface area contributed by atoms with Gasteiger partial charge in [-0.2, -0.15) is 4.31 Å². The molecule has 2 atom stereocenters. The molecule has 2 aliphatic heterocycles. The first kappa shape index (κ1) is 15.5. The van der Waals surface area contributed by atoms with E-state index in [1.165, 1.54) is 0 Å². The average molecular weight is 322 g/mol. The first-order valence-corrected chi connectivity index (χ1v) is 9.11. The van der Waals surface area contributed by atoms with Crippen LogP contribution in [0.2, 0.25) is 0 Å². The van der Waals surface area contributed by atoms with Crippen molar-refractivity contribution in [3.63, 3.8) is 0 Å². The van der Waals surface area contributed by atoms with Crippen molar-refractivity contribution in [3.05, 3.63) is 29.8 Å².